The molecule has 0 aromatic carbocycles. The van der Waals surface area contributed by atoms with Crippen molar-refractivity contribution in [1.29, 1.82) is 0 Å². The van der Waals surface area contributed by atoms with Gasteiger partial charge in [-0.3, -0.25) is 0 Å². The lowest BCUT2D eigenvalue weighted by Gasteiger charge is -2.59. The predicted molar refractivity (Wildman–Crippen MR) is 99.2 cm³/mol. The van der Waals surface area contributed by atoms with Gasteiger partial charge < -0.3 is 0 Å². The van der Waals surface area contributed by atoms with Crippen LogP contribution in [-0.4, -0.2) is 0 Å². The van der Waals surface area contributed by atoms with Gasteiger partial charge in [-0.25, -0.2) is 0 Å². The normalized spacial score (nSPS) is 48.9. The van der Waals surface area contributed by atoms with Crippen LogP contribution in [0.15, 0.2) is 24.3 Å². The molecule has 0 heteroatoms. The SMILES string of the molecule is C=CCCC1CCCC2=CC[C@H]3[C@@H]4CCC[C@@]4(C)CC[C@@H]3[C@]21C. The Bertz CT molecular complexity index is 500. The van der Waals surface area contributed by atoms with Gasteiger partial charge in [0.05, 0.1) is 0 Å². The van der Waals surface area contributed by atoms with Crippen LogP contribution in [0, 0.1) is 34.5 Å². The van der Waals surface area contributed by atoms with Crippen LogP contribution in [0.25, 0.3) is 0 Å². The summed E-state index contributed by atoms with van der Waals surface area (Å²) in [7, 11) is 0. The Hall–Kier alpha value is -0.520. The second-order valence-corrected chi connectivity index (χ2v) is 9.66. The zero-order chi connectivity index (χ0) is 16.1. The molecule has 0 amide bonds. The van der Waals surface area contributed by atoms with Crippen LogP contribution in [0.3, 0.4) is 0 Å². The van der Waals surface area contributed by atoms with Crippen LogP contribution in [0.2, 0.25) is 0 Å². The van der Waals surface area contributed by atoms with E-state index in [1.165, 1.54) is 70.6 Å². The van der Waals surface area contributed by atoms with Crippen molar-refractivity contribution in [2.24, 2.45) is 34.5 Å². The minimum absolute atomic E-state index is 0.522. The van der Waals surface area contributed by atoms with E-state index in [9.17, 15) is 0 Å². The van der Waals surface area contributed by atoms with Crippen LogP contribution < -0.4 is 0 Å². The van der Waals surface area contributed by atoms with E-state index in [4.69, 9.17) is 0 Å². The van der Waals surface area contributed by atoms with E-state index in [-0.39, 0.29) is 0 Å². The van der Waals surface area contributed by atoms with E-state index < -0.39 is 0 Å². The lowest BCUT2D eigenvalue weighted by Crippen LogP contribution is -2.51. The van der Waals surface area contributed by atoms with Gasteiger partial charge in [0.15, 0.2) is 0 Å². The quantitative estimate of drug-likeness (QED) is 0.496. The molecule has 1 unspecified atom stereocenters. The second-order valence-electron chi connectivity index (χ2n) is 9.66. The zero-order valence-electron chi connectivity index (χ0n) is 15.4. The Labute approximate surface area is 143 Å². The molecule has 0 aliphatic heterocycles. The first-order valence-electron chi connectivity index (χ1n) is 10.4. The highest BCUT2D eigenvalue weighted by Gasteiger charge is 2.57. The van der Waals surface area contributed by atoms with Gasteiger partial charge in [-0.15, -0.1) is 6.58 Å². The molecule has 0 radical (unpaired) electrons. The number of hydrogen-bond acceptors (Lipinski definition) is 0. The van der Waals surface area contributed by atoms with E-state index in [1.807, 2.05) is 5.57 Å². The Morgan fingerprint density at radius 2 is 2.00 bits per heavy atom. The fraction of sp³-hybridized carbons (Fsp3) is 0.826. The standard InChI is InChI=1S/C23H36/c1-4-5-8-17-9-6-10-18-12-13-19-20-11-7-15-22(20,2)16-14-21(19)23(17,18)3/h4,12,17,19-21H,1,5-11,13-16H2,2-3H3/t17?,19-,20-,21-,22-,23-/m0/s1. The number of rotatable bonds is 3. The van der Waals surface area contributed by atoms with Crippen LogP contribution in [0.5, 0.6) is 0 Å². The van der Waals surface area contributed by atoms with Crippen LogP contribution in [0.4, 0.5) is 0 Å². The molecule has 0 bridgehead atoms. The highest BCUT2D eigenvalue weighted by Crippen LogP contribution is 2.66. The monoisotopic (exact) mass is 312 g/mol. The molecule has 4 aliphatic carbocycles. The molecule has 128 valence electrons. The van der Waals surface area contributed by atoms with Gasteiger partial charge >= 0.3 is 0 Å². The summed E-state index contributed by atoms with van der Waals surface area (Å²) in [6, 6.07) is 0. The minimum atomic E-state index is 0.522. The fourth-order valence-electron chi connectivity index (χ4n) is 7.63. The molecule has 4 aliphatic rings. The molecule has 6 atom stereocenters. The van der Waals surface area contributed by atoms with Crippen molar-refractivity contribution in [3.05, 3.63) is 24.3 Å². The molecule has 0 nitrogen and oxygen atoms in total. The smallest absolute Gasteiger partial charge is 0.00570 e. The molecule has 3 saturated carbocycles. The minimum Gasteiger partial charge on any atom is -0.103 e. The van der Waals surface area contributed by atoms with Crippen molar-refractivity contribution < 1.29 is 0 Å². The van der Waals surface area contributed by atoms with Gasteiger partial charge in [-0.1, -0.05) is 38.0 Å². The average molecular weight is 313 g/mol. The first-order chi connectivity index (χ1) is 11.1. The Morgan fingerprint density at radius 1 is 1.13 bits per heavy atom. The van der Waals surface area contributed by atoms with Gasteiger partial charge in [0, 0.05) is 0 Å². The summed E-state index contributed by atoms with van der Waals surface area (Å²) in [5, 5.41) is 0. The first-order valence-corrected chi connectivity index (χ1v) is 10.4. The molecule has 0 aromatic rings. The fourth-order valence-corrected chi connectivity index (χ4v) is 7.63. The van der Waals surface area contributed by atoms with Gasteiger partial charge in [0.1, 0.15) is 0 Å². The molecular weight excluding hydrogens is 276 g/mol. The van der Waals surface area contributed by atoms with Gasteiger partial charge in [-0.2, -0.15) is 0 Å². The maximum absolute atomic E-state index is 3.99. The summed E-state index contributed by atoms with van der Waals surface area (Å²) in [5.41, 5.74) is 3.07. The summed E-state index contributed by atoms with van der Waals surface area (Å²) < 4.78 is 0. The summed E-state index contributed by atoms with van der Waals surface area (Å²) in [5.74, 6) is 3.92. The van der Waals surface area contributed by atoms with E-state index >= 15 is 0 Å². The van der Waals surface area contributed by atoms with Crippen molar-refractivity contribution in [1.82, 2.24) is 0 Å². The Morgan fingerprint density at radius 3 is 2.83 bits per heavy atom. The zero-order valence-corrected chi connectivity index (χ0v) is 15.4. The molecular formula is C23H36. The summed E-state index contributed by atoms with van der Waals surface area (Å²) in [6.45, 7) is 9.30. The molecule has 0 aromatic heterocycles. The third-order valence-corrected chi connectivity index (χ3v) is 8.88. The van der Waals surface area contributed by atoms with E-state index in [2.05, 4.69) is 32.6 Å². The summed E-state index contributed by atoms with van der Waals surface area (Å²) in [4.78, 5) is 0. The van der Waals surface area contributed by atoms with Crippen LogP contribution >= 0.6 is 0 Å². The largest absolute Gasteiger partial charge is 0.103 e. The number of fused-ring (bicyclic) bond motifs is 5. The molecule has 0 N–H and O–H groups in total. The van der Waals surface area contributed by atoms with Gasteiger partial charge in [0.25, 0.3) is 0 Å². The van der Waals surface area contributed by atoms with Crippen molar-refractivity contribution in [2.45, 2.75) is 84.5 Å². The predicted octanol–water partition coefficient (Wildman–Crippen LogP) is 6.92. The van der Waals surface area contributed by atoms with Crippen molar-refractivity contribution >= 4 is 0 Å². The van der Waals surface area contributed by atoms with E-state index in [0.29, 0.717) is 10.8 Å². The summed E-state index contributed by atoms with van der Waals surface area (Å²) in [6.07, 6.45) is 20.7. The maximum Gasteiger partial charge on any atom is -0.00570 e. The molecule has 3 fully saturated rings. The molecule has 0 saturated heterocycles. The lowest BCUT2D eigenvalue weighted by atomic mass is 9.45. The molecule has 23 heavy (non-hydrogen) atoms. The lowest BCUT2D eigenvalue weighted by molar-refractivity contribution is -0.0498. The molecule has 0 spiro atoms. The average Bonchev–Trinajstić information content (AvgIpc) is 2.94. The number of allylic oxidation sites excluding steroid dienone is 3. The second kappa shape index (κ2) is 5.78. The summed E-state index contributed by atoms with van der Waals surface area (Å²) >= 11 is 0. The molecule has 4 rings (SSSR count). The molecule has 0 heterocycles. The van der Waals surface area contributed by atoms with Gasteiger partial charge in [-0.05, 0) is 98.7 Å². The van der Waals surface area contributed by atoms with Crippen molar-refractivity contribution in [2.75, 3.05) is 0 Å². The maximum atomic E-state index is 3.99. The Balaban J connectivity index is 1.67. The topological polar surface area (TPSA) is 0 Å². The third kappa shape index (κ3) is 2.30. The number of hydrogen-bond donors (Lipinski definition) is 0. The Kier molecular flexibility index (Phi) is 4.01. The van der Waals surface area contributed by atoms with Crippen LogP contribution in [-0.2, 0) is 0 Å². The highest BCUT2D eigenvalue weighted by atomic mass is 14.6. The third-order valence-electron chi connectivity index (χ3n) is 8.88. The van der Waals surface area contributed by atoms with Gasteiger partial charge in [0.2, 0.25) is 0 Å². The van der Waals surface area contributed by atoms with E-state index in [1.54, 1.807) is 0 Å². The van der Waals surface area contributed by atoms with Crippen LogP contribution in [0.1, 0.15) is 84.5 Å². The van der Waals surface area contributed by atoms with Crippen molar-refractivity contribution in [3.8, 4) is 0 Å². The van der Waals surface area contributed by atoms with E-state index in [0.717, 1.165) is 23.7 Å². The first kappa shape index (κ1) is 16.0. The van der Waals surface area contributed by atoms with Crippen molar-refractivity contribution in [3.63, 3.8) is 0 Å². The highest BCUT2D eigenvalue weighted by molar-refractivity contribution is 5.25.